The van der Waals surface area contributed by atoms with Gasteiger partial charge in [-0.15, -0.1) is 0 Å². The van der Waals surface area contributed by atoms with Gasteiger partial charge in [-0.05, 0) is 58.7 Å². The minimum Gasteiger partial charge on any atom is -0.411 e. The highest BCUT2D eigenvalue weighted by atomic mass is 16.5. The summed E-state index contributed by atoms with van der Waals surface area (Å²) in [5, 5.41) is 0. The number of benzene rings is 1. The van der Waals surface area contributed by atoms with Crippen LogP contribution in [0.3, 0.4) is 0 Å². The summed E-state index contributed by atoms with van der Waals surface area (Å²) in [5.74, 6) is 0.924. The molecule has 2 unspecified atom stereocenters. The lowest BCUT2D eigenvalue weighted by molar-refractivity contribution is -0.103. The number of nitrogens with zero attached hydrogens (tertiary/aromatic N) is 1. The first-order valence-corrected chi connectivity index (χ1v) is 12.3. The average Bonchev–Trinajstić information content (AvgIpc) is 3.27. The van der Waals surface area contributed by atoms with Gasteiger partial charge in [0.25, 0.3) is 0 Å². The van der Waals surface area contributed by atoms with Crippen molar-refractivity contribution in [3.05, 3.63) is 56.9 Å². The zero-order valence-electron chi connectivity index (χ0n) is 22.0. The average molecular weight is 455 g/mol. The summed E-state index contributed by atoms with van der Waals surface area (Å²) >= 11 is 0. The zero-order valence-corrected chi connectivity index (χ0v) is 22.0. The maximum atomic E-state index is 12.1. The van der Waals surface area contributed by atoms with Crippen molar-refractivity contribution >= 4 is 0 Å². The van der Waals surface area contributed by atoms with Gasteiger partial charge in [0, 0.05) is 6.54 Å². The molecule has 1 aliphatic heterocycles. The standard InChI is InChI=1S/C28H42N2O3/c1-18(2)27(25(3,4)5)13-19-11-10-12-20(21(19)14-27)15-30(9)28(26(6,7)8)17-32-16-22-23(28)33-24(31)29-22/h10-12,18H,13-17H2,1-9H3,(H,29,31). The van der Waals surface area contributed by atoms with Crippen LogP contribution in [-0.2, 0) is 36.3 Å². The number of hydrogen-bond acceptors (Lipinski definition) is 4. The van der Waals surface area contributed by atoms with Gasteiger partial charge in [-0.2, -0.15) is 0 Å². The summed E-state index contributed by atoms with van der Waals surface area (Å²) in [4.78, 5) is 17.3. The molecular formula is C28H42N2O3. The number of likely N-dealkylation sites (N-methyl/N-ethyl adjacent to an activating group) is 1. The van der Waals surface area contributed by atoms with Crippen LogP contribution in [0.4, 0.5) is 0 Å². The molecule has 0 saturated carbocycles. The molecule has 4 rings (SSSR count). The van der Waals surface area contributed by atoms with E-state index in [0.29, 0.717) is 19.1 Å². The fourth-order valence-electron chi connectivity index (χ4n) is 6.72. The minimum atomic E-state index is -0.541. The Morgan fingerprint density at radius 2 is 1.79 bits per heavy atom. The van der Waals surface area contributed by atoms with E-state index in [1.165, 1.54) is 16.7 Å². The second-order valence-corrected chi connectivity index (χ2v) is 12.8. The van der Waals surface area contributed by atoms with Crippen molar-refractivity contribution in [2.75, 3.05) is 13.7 Å². The first-order chi connectivity index (χ1) is 15.2. The number of hydrogen-bond donors (Lipinski definition) is 1. The Morgan fingerprint density at radius 1 is 1.09 bits per heavy atom. The van der Waals surface area contributed by atoms with Crippen molar-refractivity contribution < 1.29 is 9.15 Å². The van der Waals surface area contributed by atoms with Crippen LogP contribution in [-0.4, -0.2) is 23.5 Å². The Hall–Kier alpha value is -1.85. The monoisotopic (exact) mass is 454 g/mol. The van der Waals surface area contributed by atoms with Crippen LogP contribution in [0.25, 0.3) is 0 Å². The Labute approximate surface area is 198 Å². The van der Waals surface area contributed by atoms with Gasteiger partial charge in [-0.25, -0.2) is 4.79 Å². The lowest BCUT2D eigenvalue weighted by atomic mass is 9.59. The van der Waals surface area contributed by atoms with E-state index in [-0.39, 0.29) is 16.2 Å². The van der Waals surface area contributed by atoms with Crippen molar-refractivity contribution in [2.45, 2.75) is 86.9 Å². The molecule has 1 aliphatic carbocycles. The number of aromatic amines is 1. The van der Waals surface area contributed by atoms with E-state index in [1.807, 2.05) is 0 Å². The predicted molar refractivity (Wildman–Crippen MR) is 132 cm³/mol. The van der Waals surface area contributed by atoms with Gasteiger partial charge in [0.1, 0.15) is 5.54 Å². The van der Waals surface area contributed by atoms with Gasteiger partial charge in [0.05, 0.1) is 18.9 Å². The summed E-state index contributed by atoms with van der Waals surface area (Å²) < 4.78 is 11.8. The third kappa shape index (κ3) is 3.63. The smallest absolute Gasteiger partial charge is 0.411 e. The summed E-state index contributed by atoms with van der Waals surface area (Å²) in [6, 6.07) is 6.81. The molecule has 0 saturated heterocycles. The molecule has 1 aromatic heterocycles. The molecule has 182 valence electrons. The Morgan fingerprint density at radius 3 is 2.39 bits per heavy atom. The van der Waals surface area contributed by atoms with Crippen LogP contribution in [0.15, 0.2) is 27.4 Å². The van der Waals surface area contributed by atoms with Gasteiger partial charge < -0.3 is 9.15 Å². The number of ether oxygens (including phenoxy) is 1. The maximum absolute atomic E-state index is 12.1. The van der Waals surface area contributed by atoms with Crippen LogP contribution in [0.1, 0.15) is 83.5 Å². The highest BCUT2D eigenvalue weighted by Crippen LogP contribution is 2.55. The summed E-state index contributed by atoms with van der Waals surface area (Å²) in [6.45, 7) is 20.2. The van der Waals surface area contributed by atoms with Gasteiger partial charge >= 0.3 is 5.76 Å². The normalized spacial score (nSPS) is 25.5. The van der Waals surface area contributed by atoms with Crippen LogP contribution in [0, 0.1) is 22.2 Å². The second-order valence-electron chi connectivity index (χ2n) is 12.8. The van der Waals surface area contributed by atoms with Crippen LogP contribution in [0.2, 0.25) is 0 Å². The molecule has 5 heteroatoms. The molecule has 2 heterocycles. The summed E-state index contributed by atoms with van der Waals surface area (Å²) in [5.41, 5.74) is 4.85. The van der Waals surface area contributed by atoms with E-state index in [0.717, 1.165) is 30.8 Å². The Bertz CT molecular complexity index is 1080. The lowest BCUT2D eigenvalue weighted by Gasteiger charge is -2.51. The van der Waals surface area contributed by atoms with Crippen LogP contribution in [0.5, 0.6) is 0 Å². The van der Waals surface area contributed by atoms with E-state index < -0.39 is 11.3 Å². The van der Waals surface area contributed by atoms with E-state index in [2.05, 4.69) is 90.5 Å². The van der Waals surface area contributed by atoms with Crippen LogP contribution >= 0.6 is 0 Å². The fourth-order valence-corrected chi connectivity index (χ4v) is 6.72. The van der Waals surface area contributed by atoms with Gasteiger partial charge in [-0.3, -0.25) is 9.88 Å². The summed E-state index contributed by atoms with van der Waals surface area (Å²) in [6.07, 6.45) is 2.24. The van der Waals surface area contributed by atoms with Gasteiger partial charge in [-0.1, -0.05) is 73.6 Å². The molecule has 1 N–H and O–H groups in total. The SMILES string of the molecule is CC(C)C1(C(C)(C)C)Cc2cccc(CN(C)C3(C(C)(C)C)COCc4[nH]c(=O)oc43)c2C1. The van der Waals surface area contributed by atoms with Crippen molar-refractivity contribution in [1.29, 1.82) is 0 Å². The van der Waals surface area contributed by atoms with Crippen molar-refractivity contribution in [3.63, 3.8) is 0 Å². The molecule has 0 fully saturated rings. The van der Waals surface area contributed by atoms with E-state index in [9.17, 15) is 4.79 Å². The maximum Gasteiger partial charge on any atom is 0.416 e. The third-order valence-electron chi connectivity index (χ3n) is 8.92. The fraction of sp³-hybridized carbons (Fsp3) is 0.679. The molecule has 33 heavy (non-hydrogen) atoms. The molecule has 0 spiro atoms. The molecule has 0 amide bonds. The van der Waals surface area contributed by atoms with E-state index >= 15 is 0 Å². The largest absolute Gasteiger partial charge is 0.416 e. The highest BCUT2D eigenvalue weighted by molar-refractivity contribution is 5.42. The molecule has 0 bridgehead atoms. The van der Waals surface area contributed by atoms with Crippen LogP contribution < -0.4 is 5.76 Å². The topological polar surface area (TPSA) is 58.5 Å². The quantitative estimate of drug-likeness (QED) is 0.648. The van der Waals surface area contributed by atoms with Gasteiger partial charge in [0.2, 0.25) is 0 Å². The van der Waals surface area contributed by atoms with Crippen molar-refractivity contribution in [2.24, 2.45) is 22.2 Å². The number of oxazole rings is 1. The molecule has 5 nitrogen and oxygen atoms in total. The Balaban J connectivity index is 1.75. The first kappa shape index (κ1) is 24.3. The minimum absolute atomic E-state index is 0.208. The molecule has 2 aromatic rings. The number of H-pyrrole nitrogens is 1. The van der Waals surface area contributed by atoms with Crippen molar-refractivity contribution in [3.8, 4) is 0 Å². The second kappa shape index (κ2) is 7.84. The number of rotatable bonds is 4. The first-order valence-electron chi connectivity index (χ1n) is 12.3. The summed E-state index contributed by atoms with van der Waals surface area (Å²) in [7, 11) is 2.14. The molecular weight excluding hydrogens is 412 g/mol. The number of fused-ring (bicyclic) bond motifs is 2. The highest BCUT2D eigenvalue weighted by Gasteiger charge is 2.54. The van der Waals surface area contributed by atoms with Gasteiger partial charge in [0.15, 0.2) is 5.76 Å². The Kier molecular flexibility index (Phi) is 5.77. The zero-order chi connectivity index (χ0) is 24.4. The lowest BCUT2D eigenvalue weighted by Crippen LogP contribution is -2.57. The molecule has 2 atom stereocenters. The molecule has 2 aliphatic rings. The van der Waals surface area contributed by atoms with E-state index in [4.69, 9.17) is 9.15 Å². The number of nitrogens with one attached hydrogen (secondary N) is 1. The number of aromatic nitrogens is 1. The van der Waals surface area contributed by atoms with E-state index in [1.54, 1.807) is 0 Å². The molecule has 0 radical (unpaired) electrons. The molecule has 1 aromatic carbocycles. The third-order valence-corrected chi connectivity index (χ3v) is 8.92. The van der Waals surface area contributed by atoms with Crippen molar-refractivity contribution in [1.82, 2.24) is 9.88 Å². The predicted octanol–water partition coefficient (Wildman–Crippen LogP) is 5.66.